The number of halogens is 2. The summed E-state index contributed by atoms with van der Waals surface area (Å²) in [6.45, 7) is 0. The van der Waals surface area contributed by atoms with Gasteiger partial charge in [0, 0.05) is 8.04 Å². The topological polar surface area (TPSA) is 49.4 Å². The van der Waals surface area contributed by atoms with Crippen molar-refractivity contribution >= 4 is 62.1 Å². The zero-order valence-electron chi connectivity index (χ0n) is 11.2. The largest absolute Gasteiger partial charge is 0.282 e. The molecule has 4 nitrogen and oxygen atoms in total. The number of hydrogen-bond donors (Lipinski definition) is 1. The maximum Gasteiger partial charge on any atom is 0.282 e. The third-order valence-electron chi connectivity index (χ3n) is 3.14. The van der Waals surface area contributed by atoms with Crippen LogP contribution in [0.25, 0.3) is 6.08 Å². The van der Waals surface area contributed by atoms with Crippen LogP contribution in [0.15, 0.2) is 58.6 Å². The minimum absolute atomic E-state index is 0.130. The molecule has 0 aromatic heterocycles. The number of nitrogens with one attached hydrogen (secondary N) is 1. The number of hydrazine groups is 1. The Hall–Kier alpha value is -1.67. The molecule has 2 aromatic carbocycles. The molecule has 1 N–H and O–H groups in total. The molecule has 0 aliphatic carbocycles. The van der Waals surface area contributed by atoms with Crippen molar-refractivity contribution in [3.63, 3.8) is 0 Å². The quantitative estimate of drug-likeness (QED) is 0.416. The van der Waals surface area contributed by atoms with Crippen LogP contribution in [0, 0.1) is 3.57 Å². The number of carbonyl (C=O) groups excluding carboxylic acids is 2. The number of hydrogen-bond acceptors (Lipinski definition) is 2. The van der Waals surface area contributed by atoms with Crippen molar-refractivity contribution in [1.82, 2.24) is 5.43 Å². The lowest BCUT2D eigenvalue weighted by Gasteiger charge is -2.14. The number of amides is 2. The van der Waals surface area contributed by atoms with Gasteiger partial charge in [-0.3, -0.25) is 15.0 Å². The van der Waals surface area contributed by atoms with Gasteiger partial charge in [-0.15, -0.1) is 0 Å². The first-order valence-electron chi connectivity index (χ1n) is 6.43. The van der Waals surface area contributed by atoms with Gasteiger partial charge in [-0.2, -0.15) is 0 Å². The van der Waals surface area contributed by atoms with Crippen LogP contribution in [0.4, 0.5) is 5.69 Å². The Labute approximate surface area is 149 Å². The highest BCUT2D eigenvalue weighted by Crippen LogP contribution is 2.23. The second-order valence-corrected chi connectivity index (χ2v) is 6.83. The lowest BCUT2D eigenvalue weighted by Crippen LogP contribution is -2.35. The van der Waals surface area contributed by atoms with Crippen molar-refractivity contribution in [1.29, 1.82) is 0 Å². The van der Waals surface area contributed by atoms with Gasteiger partial charge in [0.1, 0.15) is 5.57 Å². The molecule has 0 unspecified atom stereocenters. The number of carbonyl (C=O) groups is 2. The molecule has 110 valence electrons. The van der Waals surface area contributed by atoms with Gasteiger partial charge in [0.25, 0.3) is 11.8 Å². The van der Waals surface area contributed by atoms with Crippen LogP contribution in [0.3, 0.4) is 0 Å². The first-order chi connectivity index (χ1) is 10.5. The first-order valence-corrected chi connectivity index (χ1v) is 8.30. The second kappa shape index (κ2) is 6.21. The van der Waals surface area contributed by atoms with Crippen LogP contribution in [0.5, 0.6) is 0 Å². The van der Waals surface area contributed by atoms with E-state index in [-0.39, 0.29) is 11.5 Å². The normalized spacial score (nSPS) is 16.3. The molecule has 6 heteroatoms. The van der Waals surface area contributed by atoms with Crippen molar-refractivity contribution in [2.24, 2.45) is 0 Å². The van der Waals surface area contributed by atoms with E-state index in [1.54, 1.807) is 18.2 Å². The average molecular weight is 469 g/mol. The van der Waals surface area contributed by atoms with Crippen LogP contribution in [-0.2, 0) is 9.59 Å². The average Bonchev–Trinajstić information content (AvgIpc) is 2.76. The molecule has 22 heavy (non-hydrogen) atoms. The molecule has 1 heterocycles. The summed E-state index contributed by atoms with van der Waals surface area (Å²) in [6.07, 6.45) is 1.61. The summed E-state index contributed by atoms with van der Waals surface area (Å²) < 4.78 is 1.95. The Morgan fingerprint density at radius 3 is 2.50 bits per heavy atom. The van der Waals surface area contributed by atoms with Crippen molar-refractivity contribution in [3.05, 3.63) is 67.7 Å². The number of nitrogens with zero attached hydrogens (tertiary/aromatic N) is 1. The molecule has 0 radical (unpaired) electrons. The highest BCUT2D eigenvalue weighted by molar-refractivity contribution is 14.1. The third-order valence-corrected chi connectivity index (χ3v) is 4.34. The van der Waals surface area contributed by atoms with E-state index in [4.69, 9.17) is 0 Å². The molecule has 1 fully saturated rings. The fourth-order valence-electron chi connectivity index (χ4n) is 2.09. The molecule has 2 aromatic rings. The van der Waals surface area contributed by atoms with Gasteiger partial charge < -0.3 is 0 Å². The van der Waals surface area contributed by atoms with E-state index in [1.165, 1.54) is 5.01 Å². The molecule has 0 spiro atoms. The molecule has 0 saturated carbocycles. The van der Waals surface area contributed by atoms with Gasteiger partial charge in [0.2, 0.25) is 0 Å². The fourth-order valence-corrected chi connectivity index (χ4v) is 2.92. The molecule has 1 saturated heterocycles. The molecule has 2 amide bonds. The fraction of sp³-hybridized carbons (Fsp3) is 0. The monoisotopic (exact) mass is 468 g/mol. The molecule has 1 aliphatic heterocycles. The van der Waals surface area contributed by atoms with E-state index < -0.39 is 5.91 Å². The predicted octanol–water partition coefficient (Wildman–Crippen LogP) is 3.52. The summed E-state index contributed by atoms with van der Waals surface area (Å²) in [6, 6.07) is 14.8. The third kappa shape index (κ3) is 3.07. The maximum atomic E-state index is 12.5. The van der Waals surface area contributed by atoms with E-state index in [0.717, 1.165) is 13.6 Å². The standard InChI is InChI=1S/C16H10BrIN2O2/c17-11-4-6-13(7-5-11)20-16(22)14(15(21)19-20)9-10-2-1-3-12(18)8-10/h1-9H,(H,19,21)/b14-9+. The Morgan fingerprint density at radius 2 is 1.82 bits per heavy atom. The summed E-state index contributed by atoms with van der Waals surface area (Å²) in [7, 11) is 0. The summed E-state index contributed by atoms with van der Waals surface area (Å²) in [4.78, 5) is 24.5. The molecular weight excluding hydrogens is 459 g/mol. The lowest BCUT2D eigenvalue weighted by atomic mass is 10.1. The van der Waals surface area contributed by atoms with Crippen LogP contribution in [-0.4, -0.2) is 11.8 Å². The van der Waals surface area contributed by atoms with Crippen LogP contribution in [0.2, 0.25) is 0 Å². The predicted molar refractivity (Wildman–Crippen MR) is 96.9 cm³/mol. The smallest absolute Gasteiger partial charge is 0.267 e. The van der Waals surface area contributed by atoms with E-state index in [1.807, 2.05) is 36.4 Å². The molecule has 0 atom stereocenters. The Bertz CT molecular complexity index is 787. The summed E-state index contributed by atoms with van der Waals surface area (Å²) >= 11 is 5.53. The van der Waals surface area contributed by atoms with E-state index in [0.29, 0.717) is 5.69 Å². The SMILES string of the molecule is O=C1NN(c2ccc(Br)cc2)C(=O)/C1=C/c1cccc(I)c1. The second-order valence-electron chi connectivity index (χ2n) is 4.67. The van der Waals surface area contributed by atoms with Crippen LogP contribution < -0.4 is 10.4 Å². The van der Waals surface area contributed by atoms with Gasteiger partial charge in [-0.05, 0) is 70.6 Å². The Morgan fingerprint density at radius 1 is 1.09 bits per heavy atom. The summed E-state index contributed by atoms with van der Waals surface area (Å²) in [5.41, 5.74) is 4.15. The van der Waals surface area contributed by atoms with E-state index in [2.05, 4.69) is 43.9 Å². The number of rotatable bonds is 2. The minimum Gasteiger partial charge on any atom is -0.267 e. The Balaban J connectivity index is 1.93. The number of benzene rings is 2. The van der Waals surface area contributed by atoms with Gasteiger partial charge in [-0.1, -0.05) is 28.1 Å². The highest BCUT2D eigenvalue weighted by atomic mass is 127. The first kappa shape index (κ1) is 15.2. The zero-order chi connectivity index (χ0) is 15.7. The summed E-state index contributed by atoms with van der Waals surface area (Å²) in [5, 5.41) is 1.26. The molecular formula is C16H10BrIN2O2. The zero-order valence-corrected chi connectivity index (χ0v) is 15.0. The van der Waals surface area contributed by atoms with Crippen LogP contribution >= 0.6 is 38.5 Å². The van der Waals surface area contributed by atoms with Gasteiger partial charge in [0.15, 0.2) is 0 Å². The van der Waals surface area contributed by atoms with Crippen molar-refractivity contribution in [2.75, 3.05) is 5.01 Å². The highest BCUT2D eigenvalue weighted by Gasteiger charge is 2.34. The molecule has 3 rings (SSSR count). The molecule has 0 bridgehead atoms. The van der Waals surface area contributed by atoms with Gasteiger partial charge in [-0.25, -0.2) is 5.01 Å². The van der Waals surface area contributed by atoms with Gasteiger partial charge in [0.05, 0.1) is 5.69 Å². The maximum absolute atomic E-state index is 12.5. The van der Waals surface area contributed by atoms with Crippen molar-refractivity contribution in [3.8, 4) is 0 Å². The van der Waals surface area contributed by atoms with Crippen molar-refractivity contribution in [2.45, 2.75) is 0 Å². The van der Waals surface area contributed by atoms with E-state index in [9.17, 15) is 9.59 Å². The lowest BCUT2D eigenvalue weighted by molar-refractivity contribution is -0.117. The van der Waals surface area contributed by atoms with Crippen molar-refractivity contribution < 1.29 is 9.59 Å². The summed E-state index contributed by atoms with van der Waals surface area (Å²) in [5.74, 6) is -0.752. The Kier molecular flexibility index (Phi) is 4.30. The molecule has 1 aliphatic rings. The van der Waals surface area contributed by atoms with Crippen LogP contribution in [0.1, 0.15) is 5.56 Å². The number of anilines is 1. The van der Waals surface area contributed by atoms with E-state index >= 15 is 0 Å². The minimum atomic E-state index is -0.397. The van der Waals surface area contributed by atoms with Gasteiger partial charge >= 0.3 is 0 Å².